The smallest absolute Gasteiger partial charge is 0.317 e. The first-order chi connectivity index (χ1) is 8.25. The number of amides is 2. The van der Waals surface area contributed by atoms with Crippen molar-refractivity contribution in [1.82, 2.24) is 10.2 Å². The van der Waals surface area contributed by atoms with E-state index in [2.05, 4.69) is 5.32 Å². The molecule has 3 N–H and O–H groups in total. The molecule has 1 aliphatic carbocycles. The molecule has 1 aliphatic heterocycles. The highest BCUT2D eigenvalue weighted by Crippen LogP contribution is 2.19. The van der Waals surface area contributed by atoms with Gasteiger partial charge in [0.15, 0.2) is 0 Å². The lowest BCUT2D eigenvalue weighted by Crippen LogP contribution is -2.32. The maximum Gasteiger partial charge on any atom is 0.317 e. The number of nitrogens with one attached hydrogen (secondary N) is 1. The minimum atomic E-state index is 0.0636. The van der Waals surface area contributed by atoms with Crippen LogP contribution in [0.4, 0.5) is 4.79 Å². The summed E-state index contributed by atoms with van der Waals surface area (Å²) in [4.78, 5) is 13.1. The highest BCUT2D eigenvalue weighted by atomic mass is 16.5. The van der Waals surface area contributed by atoms with Gasteiger partial charge in [0.1, 0.15) is 0 Å². The standard InChI is InChI=1S/C12H23N3O2/c13-10-2-4-11(5-3-10)17-9-1-7-15-8-6-14-12(15)16/h10-11H,1-9,13H2,(H,14,16). The first-order valence-corrected chi connectivity index (χ1v) is 6.65. The van der Waals surface area contributed by atoms with Crippen molar-refractivity contribution in [3.8, 4) is 0 Å². The maximum absolute atomic E-state index is 11.3. The number of hydrogen-bond donors (Lipinski definition) is 2. The molecule has 0 aromatic rings. The van der Waals surface area contributed by atoms with Crippen LogP contribution in [-0.2, 0) is 4.74 Å². The van der Waals surface area contributed by atoms with Crippen molar-refractivity contribution in [2.24, 2.45) is 5.73 Å². The molecule has 0 unspecified atom stereocenters. The molecule has 0 aromatic carbocycles. The zero-order valence-electron chi connectivity index (χ0n) is 10.4. The molecule has 0 spiro atoms. The average molecular weight is 241 g/mol. The Balaban J connectivity index is 1.52. The Morgan fingerprint density at radius 1 is 1.35 bits per heavy atom. The number of nitrogens with two attached hydrogens (primary N) is 1. The quantitative estimate of drug-likeness (QED) is 0.696. The van der Waals surface area contributed by atoms with Gasteiger partial charge in [-0.1, -0.05) is 0 Å². The Bertz CT molecular complexity index is 252. The van der Waals surface area contributed by atoms with Gasteiger partial charge in [-0.15, -0.1) is 0 Å². The van der Waals surface area contributed by atoms with Crippen LogP contribution in [0.5, 0.6) is 0 Å². The maximum atomic E-state index is 11.3. The second kappa shape index (κ2) is 6.21. The number of nitrogens with zero attached hydrogens (tertiary/aromatic N) is 1. The molecule has 1 heterocycles. The van der Waals surface area contributed by atoms with Crippen LogP contribution in [-0.4, -0.2) is 49.3 Å². The molecule has 0 atom stereocenters. The molecule has 2 amide bonds. The Kier molecular flexibility index (Phi) is 4.62. The Morgan fingerprint density at radius 3 is 2.76 bits per heavy atom. The Hall–Kier alpha value is -0.810. The van der Waals surface area contributed by atoms with Crippen LogP contribution in [0.2, 0.25) is 0 Å². The molecule has 0 aromatic heterocycles. The van der Waals surface area contributed by atoms with Gasteiger partial charge >= 0.3 is 6.03 Å². The molecule has 0 radical (unpaired) electrons. The summed E-state index contributed by atoms with van der Waals surface area (Å²) in [6.45, 7) is 3.17. The predicted octanol–water partition coefficient (Wildman–Crippen LogP) is 0.688. The summed E-state index contributed by atoms with van der Waals surface area (Å²) in [6, 6.07) is 0.441. The lowest BCUT2D eigenvalue weighted by Gasteiger charge is -2.26. The molecule has 0 bridgehead atoms. The SMILES string of the molecule is NC1CCC(OCCCN2CCNC2=O)CC1. The van der Waals surface area contributed by atoms with Gasteiger partial charge in [0.2, 0.25) is 0 Å². The zero-order chi connectivity index (χ0) is 12.1. The fourth-order valence-electron chi connectivity index (χ4n) is 2.49. The van der Waals surface area contributed by atoms with Crippen LogP contribution >= 0.6 is 0 Å². The third kappa shape index (κ3) is 3.85. The minimum Gasteiger partial charge on any atom is -0.378 e. The van der Waals surface area contributed by atoms with E-state index in [1.54, 1.807) is 0 Å². The van der Waals surface area contributed by atoms with E-state index < -0.39 is 0 Å². The van der Waals surface area contributed by atoms with Gasteiger partial charge in [-0.2, -0.15) is 0 Å². The van der Waals surface area contributed by atoms with E-state index in [1.807, 2.05) is 4.90 Å². The molecule has 1 saturated heterocycles. The van der Waals surface area contributed by atoms with Crippen LogP contribution in [0.3, 0.4) is 0 Å². The summed E-state index contributed by atoms with van der Waals surface area (Å²) >= 11 is 0. The number of hydrogen-bond acceptors (Lipinski definition) is 3. The van der Waals surface area contributed by atoms with Crippen molar-refractivity contribution in [1.29, 1.82) is 0 Å². The summed E-state index contributed by atoms with van der Waals surface area (Å²) in [5, 5.41) is 2.80. The number of ether oxygens (including phenoxy) is 1. The van der Waals surface area contributed by atoms with E-state index in [4.69, 9.17) is 10.5 Å². The largest absolute Gasteiger partial charge is 0.378 e. The van der Waals surface area contributed by atoms with Gasteiger partial charge in [-0.25, -0.2) is 4.79 Å². The van der Waals surface area contributed by atoms with Crippen LogP contribution in [0.1, 0.15) is 32.1 Å². The van der Waals surface area contributed by atoms with Gasteiger partial charge in [0.25, 0.3) is 0 Å². The van der Waals surface area contributed by atoms with Gasteiger partial charge in [-0.05, 0) is 32.1 Å². The predicted molar refractivity (Wildman–Crippen MR) is 65.8 cm³/mol. The number of rotatable bonds is 5. The first kappa shape index (κ1) is 12.6. The van der Waals surface area contributed by atoms with Crippen molar-refractivity contribution in [2.45, 2.75) is 44.2 Å². The van der Waals surface area contributed by atoms with E-state index in [0.717, 1.165) is 58.3 Å². The second-order valence-electron chi connectivity index (χ2n) is 4.98. The van der Waals surface area contributed by atoms with E-state index in [-0.39, 0.29) is 6.03 Å². The third-order valence-electron chi connectivity index (χ3n) is 3.59. The van der Waals surface area contributed by atoms with Gasteiger partial charge in [-0.3, -0.25) is 0 Å². The number of carbonyl (C=O) groups excluding carboxylic acids is 1. The summed E-state index contributed by atoms with van der Waals surface area (Å²) < 4.78 is 5.81. The van der Waals surface area contributed by atoms with Crippen LogP contribution < -0.4 is 11.1 Å². The van der Waals surface area contributed by atoms with Gasteiger partial charge in [0, 0.05) is 32.3 Å². The average Bonchev–Trinajstić information content (AvgIpc) is 2.73. The molecule has 2 fully saturated rings. The second-order valence-corrected chi connectivity index (χ2v) is 4.98. The van der Waals surface area contributed by atoms with Crippen molar-refractivity contribution in [3.63, 3.8) is 0 Å². The monoisotopic (exact) mass is 241 g/mol. The van der Waals surface area contributed by atoms with Crippen molar-refractivity contribution in [2.75, 3.05) is 26.2 Å². The molecule has 17 heavy (non-hydrogen) atoms. The highest BCUT2D eigenvalue weighted by Gasteiger charge is 2.20. The van der Waals surface area contributed by atoms with Crippen LogP contribution in [0.25, 0.3) is 0 Å². The molecule has 5 heteroatoms. The molecule has 2 aliphatic rings. The lowest BCUT2D eigenvalue weighted by atomic mass is 9.94. The summed E-state index contributed by atoms with van der Waals surface area (Å²) in [5.74, 6) is 0. The zero-order valence-corrected chi connectivity index (χ0v) is 10.4. The Labute approximate surface area is 103 Å². The normalized spacial score (nSPS) is 29.5. The third-order valence-corrected chi connectivity index (χ3v) is 3.59. The fourth-order valence-corrected chi connectivity index (χ4v) is 2.49. The summed E-state index contributed by atoms with van der Waals surface area (Å²) in [7, 11) is 0. The molecular formula is C12H23N3O2. The van der Waals surface area contributed by atoms with Gasteiger partial charge in [0.05, 0.1) is 6.10 Å². The van der Waals surface area contributed by atoms with Crippen molar-refractivity contribution < 1.29 is 9.53 Å². The van der Waals surface area contributed by atoms with E-state index in [1.165, 1.54) is 0 Å². The summed E-state index contributed by atoms with van der Waals surface area (Å²) in [5.41, 5.74) is 5.84. The van der Waals surface area contributed by atoms with E-state index >= 15 is 0 Å². The van der Waals surface area contributed by atoms with E-state index in [9.17, 15) is 4.79 Å². The number of urea groups is 1. The van der Waals surface area contributed by atoms with Crippen LogP contribution in [0, 0.1) is 0 Å². The Morgan fingerprint density at radius 2 is 2.12 bits per heavy atom. The molecule has 98 valence electrons. The number of carbonyl (C=O) groups is 1. The first-order valence-electron chi connectivity index (χ1n) is 6.65. The molecule has 1 saturated carbocycles. The van der Waals surface area contributed by atoms with Crippen molar-refractivity contribution in [3.05, 3.63) is 0 Å². The topological polar surface area (TPSA) is 67.6 Å². The molecule has 5 nitrogen and oxygen atoms in total. The molecular weight excluding hydrogens is 218 g/mol. The molecule has 2 rings (SSSR count). The van der Waals surface area contributed by atoms with Crippen molar-refractivity contribution >= 4 is 6.03 Å². The minimum absolute atomic E-state index is 0.0636. The van der Waals surface area contributed by atoms with E-state index in [0.29, 0.717) is 12.1 Å². The fraction of sp³-hybridized carbons (Fsp3) is 0.917. The highest BCUT2D eigenvalue weighted by molar-refractivity contribution is 5.76. The summed E-state index contributed by atoms with van der Waals surface area (Å²) in [6.07, 6.45) is 5.66. The lowest BCUT2D eigenvalue weighted by molar-refractivity contribution is 0.0220. The van der Waals surface area contributed by atoms with Gasteiger partial charge < -0.3 is 20.7 Å². The van der Waals surface area contributed by atoms with Crippen LogP contribution in [0.15, 0.2) is 0 Å².